The highest BCUT2D eigenvalue weighted by atomic mass is 32.1. The fourth-order valence-electron chi connectivity index (χ4n) is 4.08. The van der Waals surface area contributed by atoms with Crippen LogP contribution in [0.4, 0.5) is 10.8 Å². The van der Waals surface area contributed by atoms with Gasteiger partial charge in [0.15, 0.2) is 5.13 Å². The molecule has 0 unspecified atom stereocenters. The molecule has 0 radical (unpaired) electrons. The number of piperidine rings is 1. The summed E-state index contributed by atoms with van der Waals surface area (Å²) in [6, 6.07) is 8.06. The number of thiazole rings is 1. The topological polar surface area (TPSA) is 77.6 Å². The molecule has 0 spiro atoms. The highest BCUT2D eigenvalue weighted by molar-refractivity contribution is 7.14. The molecule has 0 atom stereocenters. The zero-order chi connectivity index (χ0) is 23.3. The van der Waals surface area contributed by atoms with E-state index in [-0.39, 0.29) is 23.1 Å². The van der Waals surface area contributed by atoms with Crippen molar-refractivity contribution in [2.24, 2.45) is 11.3 Å². The Balaban J connectivity index is 1.47. The van der Waals surface area contributed by atoms with Gasteiger partial charge in [0.1, 0.15) is 5.69 Å². The third-order valence-corrected chi connectivity index (χ3v) is 6.42. The first-order valence-electron chi connectivity index (χ1n) is 11.1. The van der Waals surface area contributed by atoms with Crippen LogP contribution in [0.3, 0.4) is 0 Å². The minimum absolute atomic E-state index is 0.0186. The van der Waals surface area contributed by atoms with E-state index in [9.17, 15) is 9.59 Å². The van der Waals surface area contributed by atoms with Gasteiger partial charge < -0.3 is 20.4 Å². The van der Waals surface area contributed by atoms with E-state index in [1.807, 2.05) is 50.2 Å². The number of rotatable bonds is 8. The van der Waals surface area contributed by atoms with Crippen molar-refractivity contribution in [3.63, 3.8) is 0 Å². The molecule has 1 aromatic heterocycles. The molecule has 0 saturated carbocycles. The molecule has 174 valence electrons. The minimum Gasteiger partial charge on any atom is -0.355 e. The van der Waals surface area contributed by atoms with Crippen LogP contribution in [0.25, 0.3) is 0 Å². The Morgan fingerprint density at radius 1 is 1.19 bits per heavy atom. The van der Waals surface area contributed by atoms with Crippen LogP contribution in [-0.2, 0) is 4.79 Å². The number of aromatic nitrogens is 1. The van der Waals surface area contributed by atoms with Crippen LogP contribution in [-0.4, -0.2) is 66.9 Å². The Kier molecular flexibility index (Phi) is 7.90. The maximum atomic E-state index is 12.9. The van der Waals surface area contributed by atoms with Gasteiger partial charge in [-0.2, -0.15) is 0 Å². The number of amides is 2. The maximum absolute atomic E-state index is 12.9. The van der Waals surface area contributed by atoms with Gasteiger partial charge in [-0.1, -0.05) is 31.5 Å². The summed E-state index contributed by atoms with van der Waals surface area (Å²) in [5, 5.41) is 8.86. The second-order valence-corrected chi connectivity index (χ2v) is 10.6. The van der Waals surface area contributed by atoms with Gasteiger partial charge in [0.2, 0.25) is 5.91 Å². The van der Waals surface area contributed by atoms with E-state index >= 15 is 0 Å². The summed E-state index contributed by atoms with van der Waals surface area (Å²) in [7, 11) is 4.08. The van der Waals surface area contributed by atoms with E-state index in [0.717, 1.165) is 12.2 Å². The largest absolute Gasteiger partial charge is 0.355 e. The van der Waals surface area contributed by atoms with Gasteiger partial charge in [0.25, 0.3) is 5.91 Å². The molecule has 1 saturated heterocycles. The van der Waals surface area contributed by atoms with Gasteiger partial charge in [0.05, 0.1) is 0 Å². The second kappa shape index (κ2) is 10.4. The number of likely N-dealkylation sites (tertiary alicyclic amines) is 1. The van der Waals surface area contributed by atoms with Crippen molar-refractivity contribution in [3.8, 4) is 0 Å². The highest BCUT2D eigenvalue weighted by Gasteiger charge is 2.30. The number of hydrogen-bond acceptors (Lipinski definition) is 6. The van der Waals surface area contributed by atoms with Gasteiger partial charge in [-0.3, -0.25) is 9.59 Å². The van der Waals surface area contributed by atoms with Crippen molar-refractivity contribution in [2.75, 3.05) is 45.6 Å². The molecule has 1 fully saturated rings. The zero-order valence-electron chi connectivity index (χ0n) is 19.8. The Morgan fingerprint density at radius 3 is 2.47 bits per heavy atom. The first-order chi connectivity index (χ1) is 15.1. The number of carbonyl (C=O) groups is 2. The molecule has 1 aromatic carbocycles. The lowest BCUT2D eigenvalue weighted by molar-refractivity contribution is -0.126. The number of hydrogen-bond donors (Lipinski definition) is 2. The number of carbonyl (C=O) groups excluding carboxylic acids is 2. The number of nitrogens with zero attached hydrogens (tertiary/aromatic N) is 3. The van der Waals surface area contributed by atoms with E-state index in [1.165, 1.54) is 16.9 Å². The molecular formula is C24H35N5O2S. The molecule has 3 rings (SSSR count). The molecule has 7 nitrogen and oxygen atoms in total. The van der Waals surface area contributed by atoms with Crippen molar-refractivity contribution in [3.05, 3.63) is 40.9 Å². The van der Waals surface area contributed by atoms with Crippen LogP contribution in [0.1, 0.15) is 42.7 Å². The molecule has 0 bridgehead atoms. The Hall–Kier alpha value is -2.45. The maximum Gasteiger partial charge on any atom is 0.273 e. The lowest BCUT2D eigenvalue weighted by Gasteiger charge is -2.32. The SMILES string of the molecule is Cc1ccc(Nc2nc(C(=O)N3CCC(C(=O)NCC(C)(C)CN(C)C)CC3)cs2)cc1. The van der Waals surface area contributed by atoms with E-state index in [1.54, 1.807) is 5.38 Å². The van der Waals surface area contributed by atoms with Gasteiger partial charge in [0, 0.05) is 43.2 Å². The Bertz CT molecular complexity index is 915. The lowest BCUT2D eigenvalue weighted by Crippen LogP contribution is -2.46. The normalized spacial score (nSPS) is 15.1. The summed E-state index contributed by atoms with van der Waals surface area (Å²) in [4.78, 5) is 33.9. The summed E-state index contributed by atoms with van der Waals surface area (Å²) >= 11 is 1.42. The lowest BCUT2D eigenvalue weighted by atomic mass is 9.91. The predicted octanol–water partition coefficient (Wildman–Crippen LogP) is 3.75. The zero-order valence-corrected chi connectivity index (χ0v) is 20.6. The number of anilines is 2. The molecule has 2 aromatic rings. The molecular weight excluding hydrogens is 422 g/mol. The first kappa shape index (κ1) is 24.2. The van der Waals surface area contributed by atoms with Crippen LogP contribution in [0.5, 0.6) is 0 Å². The molecule has 1 aliphatic rings. The molecule has 1 aliphatic heterocycles. The van der Waals surface area contributed by atoms with Crippen molar-refractivity contribution in [2.45, 2.75) is 33.6 Å². The minimum atomic E-state index is -0.0656. The quantitative estimate of drug-likeness (QED) is 0.631. The van der Waals surface area contributed by atoms with E-state index in [0.29, 0.717) is 43.3 Å². The van der Waals surface area contributed by atoms with Crippen LogP contribution in [0.15, 0.2) is 29.6 Å². The molecule has 2 amide bonds. The van der Waals surface area contributed by atoms with Crippen molar-refractivity contribution in [1.82, 2.24) is 20.1 Å². The van der Waals surface area contributed by atoms with E-state index < -0.39 is 0 Å². The summed E-state index contributed by atoms with van der Waals surface area (Å²) in [5.74, 6) is -0.00485. The van der Waals surface area contributed by atoms with E-state index in [4.69, 9.17) is 0 Å². The standard InChI is InChI=1S/C24H35N5O2S/c1-17-6-8-19(9-7-17)26-23-27-20(14-32-23)22(31)29-12-10-18(11-13-29)21(30)25-15-24(2,3)16-28(4)5/h6-9,14,18H,10-13,15-16H2,1-5H3,(H,25,30)(H,26,27). The second-order valence-electron chi connectivity index (χ2n) is 9.72. The average molecular weight is 458 g/mol. The van der Waals surface area contributed by atoms with Crippen LogP contribution >= 0.6 is 11.3 Å². The Labute approximate surface area is 195 Å². The van der Waals surface area contributed by atoms with Crippen LogP contribution in [0, 0.1) is 18.3 Å². The fourth-order valence-corrected chi connectivity index (χ4v) is 4.78. The van der Waals surface area contributed by atoms with Crippen LogP contribution < -0.4 is 10.6 Å². The summed E-state index contributed by atoms with van der Waals surface area (Å²) < 4.78 is 0. The summed E-state index contributed by atoms with van der Waals surface area (Å²) in [5.41, 5.74) is 2.62. The molecule has 2 heterocycles. The highest BCUT2D eigenvalue weighted by Crippen LogP contribution is 2.24. The molecule has 8 heteroatoms. The van der Waals surface area contributed by atoms with E-state index in [2.05, 4.69) is 34.4 Å². The third kappa shape index (κ3) is 6.77. The van der Waals surface area contributed by atoms with Gasteiger partial charge >= 0.3 is 0 Å². The summed E-state index contributed by atoms with van der Waals surface area (Å²) in [6.45, 7) is 9.08. The number of aryl methyl sites for hydroxylation is 1. The first-order valence-corrected chi connectivity index (χ1v) is 12.0. The summed E-state index contributed by atoms with van der Waals surface area (Å²) in [6.07, 6.45) is 1.37. The monoisotopic (exact) mass is 457 g/mol. The molecule has 2 N–H and O–H groups in total. The van der Waals surface area contributed by atoms with Crippen molar-refractivity contribution >= 4 is 34.0 Å². The Morgan fingerprint density at radius 2 is 1.84 bits per heavy atom. The third-order valence-electron chi connectivity index (χ3n) is 5.66. The van der Waals surface area contributed by atoms with Gasteiger partial charge in [-0.25, -0.2) is 4.98 Å². The van der Waals surface area contributed by atoms with Crippen molar-refractivity contribution in [1.29, 1.82) is 0 Å². The fraction of sp³-hybridized carbons (Fsp3) is 0.542. The van der Waals surface area contributed by atoms with Crippen molar-refractivity contribution < 1.29 is 9.59 Å². The smallest absolute Gasteiger partial charge is 0.273 e. The molecule has 0 aliphatic carbocycles. The predicted molar refractivity (Wildman–Crippen MR) is 131 cm³/mol. The van der Waals surface area contributed by atoms with Gasteiger partial charge in [-0.15, -0.1) is 11.3 Å². The molecule has 32 heavy (non-hydrogen) atoms. The number of nitrogens with one attached hydrogen (secondary N) is 2. The number of benzene rings is 1. The average Bonchev–Trinajstić information content (AvgIpc) is 3.21. The van der Waals surface area contributed by atoms with Gasteiger partial charge in [-0.05, 0) is 51.4 Å². The van der Waals surface area contributed by atoms with Crippen LogP contribution in [0.2, 0.25) is 0 Å².